The van der Waals surface area contributed by atoms with E-state index in [1.54, 1.807) is 13.3 Å². The number of aromatic amines is 1. The lowest BCUT2D eigenvalue weighted by Crippen LogP contribution is -2.24. The van der Waals surface area contributed by atoms with E-state index in [0.717, 1.165) is 72.0 Å². The normalized spacial score (nSPS) is 16.7. The quantitative estimate of drug-likeness (QED) is 0.262. The molecule has 2 N–H and O–H groups in total. The molecule has 43 heavy (non-hydrogen) atoms. The van der Waals surface area contributed by atoms with Crippen molar-refractivity contribution in [2.45, 2.75) is 113 Å². The third kappa shape index (κ3) is 9.62. The molecule has 4 rings (SSSR count). The maximum absolute atomic E-state index is 9.91. The molecule has 6 heteroatoms. The zero-order valence-corrected chi connectivity index (χ0v) is 28.1. The number of ether oxygens (including phenoxy) is 1. The van der Waals surface area contributed by atoms with Gasteiger partial charge in [-0.3, -0.25) is 0 Å². The zero-order valence-electron chi connectivity index (χ0n) is 28.1. The minimum Gasteiger partial charge on any atom is -0.493 e. The van der Waals surface area contributed by atoms with E-state index in [1.165, 1.54) is 29.7 Å². The molecular weight excluding hydrogens is 532 g/mol. The van der Waals surface area contributed by atoms with Crippen LogP contribution in [0.15, 0.2) is 30.6 Å². The number of aromatic nitrogens is 4. The van der Waals surface area contributed by atoms with Gasteiger partial charge in [-0.1, -0.05) is 66.2 Å². The first-order chi connectivity index (χ1) is 20.5. The number of allylic oxidation sites excluding steroid dienone is 2. The summed E-state index contributed by atoms with van der Waals surface area (Å²) in [5.41, 5.74) is 7.74. The second-order valence-corrected chi connectivity index (χ2v) is 12.6. The Kier molecular flexibility index (Phi) is 12.7. The summed E-state index contributed by atoms with van der Waals surface area (Å²) >= 11 is 0. The summed E-state index contributed by atoms with van der Waals surface area (Å²) in [6.07, 6.45) is 14.9. The van der Waals surface area contributed by atoms with Crippen LogP contribution in [0.4, 0.5) is 0 Å². The summed E-state index contributed by atoms with van der Waals surface area (Å²) in [6.45, 7) is 20.0. The fourth-order valence-corrected chi connectivity index (χ4v) is 5.33. The van der Waals surface area contributed by atoms with Crippen molar-refractivity contribution in [3.63, 3.8) is 0 Å². The SMILES string of the molecule is C\C=C(/C=c1/[nH]c(C(C)O)n/c1=C\CC)c1ccc(OCCC(C)CC)c(CC)c1.Cc1ncnc2c1CC(C)(C)CC2. The van der Waals surface area contributed by atoms with Crippen LogP contribution in [0.25, 0.3) is 17.7 Å². The Balaban J connectivity index is 0.000000321. The summed E-state index contributed by atoms with van der Waals surface area (Å²) in [5, 5.41) is 11.7. The van der Waals surface area contributed by atoms with E-state index in [2.05, 4.69) is 105 Å². The number of fused-ring (bicyclic) bond motifs is 1. The highest BCUT2D eigenvalue weighted by atomic mass is 16.5. The van der Waals surface area contributed by atoms with Crippen LogP contribution < -0.4 is 15.4 Å². The molecule has 1 aliphatic rings. The zero-order chi connectivity index (χ0) is 31.6. The van der Waals surface area contributed by atoms with Gasteiger partial charge in [-0.05, 0) is 111 Å². The molecule has 2 unspecified atom stereocenters. The second kappa shape index (κ2) is 16.0. The van der Waals surface area contributed by atoms with Gasteiger partial charge in [-0.2, -0.15) is 0 Å². The molecular formula is C37H54N4O2. The first kappa shape index (κ1) is 34.2. The molecule has 0 saturated carbocycles. The van der Waals surface area contributed by atoms with Crippen molar-refractivity contribution in [3.8, 4) is 5.75 Å². The Bertz CT molecular complexity index is 1480. The summed E-state index contributed by atoms with van der Waals surface area (Å²) in [7, 11) is 0. The summed E-state index contributed by atoms with van der Waals surface area (Å²) in [5.74, 6) is 2.27. The van der Waals surface area contributed by atoms with Gasteiger partial charge in [0.1, 0.15) is 24.0 Å². The number of benzene rings is 1. The second-order valence-electron chi connectivity index (χ2n) is 12.6. The molecule has 0 spiro atoms. The molecule has 0 radical (unpaired) electrons. The lowest BCUT2D eigenvalue weighted by atomic mass is 9.75. The number of nitrogens with zero attached hydrogens (tertiary/aromatic N) is 3. The molecule has 1 aromatic carbocycles. The third-order valence-corrected chi connectivity index (χ3v) is 8.47. The van der Waals surface area contributed by atoms with Gasteiger partial charge in [0.15, 0.2) is 0 Å². The number of nitrogens with one attached hydrogen (secondary N) is 1. The Morgan fingerprint density at radius 2 is 1.93 bits per heavy atom. The largest absolute Gasteiger partial charge is 0.493 e. The first-order valence-corrected chi connectivity index (χ1v) is 16.2. The maximum Gasteiger partial charge on any atom is 0.135 e. The van der Waals surface area contributed by atoms with Crippen molar-refractivity contribution in [3.05, 3.63) is 75.2 Å². The Labute approximate surface area is 259 Å². The molecule has 6 nitrogen and oxygen atoms in total. The van der Waals surface area contributed by atoms with Crippen molar-refractivity contribution < 1.29 is 9.84 Å². The summed E-state index contributed by atoms with van der Waals surface area (Å²) in [6, 6.07) is 6.44. The minimum atomic E-state index is -0.622. The predicted molar refractivity (Wildman–Crippen MR) is 179 cm³/mol. The van der Waals surface area contributed by atoms with E-state index in [0.29, 0.717) is 17.2 Å². The highest BCUT2D eigenvalue weighted by Gasteiger charge is 2.27. The van der Waals surface area contributed by atoms with Crippen LogP contribution in [-0.2, 0) is 19.3 Å². The molecule has 1 aliphatic carbocycles. The van der Waals surface area contributed by atoms with Crippen LogP contribution >= 0.6 is 0 Å². The van der Waals surface area contributed by atoms with Gasteiger partial charge in [-0.25, -0.2) is 15.0 Å². The minimum absolute atomic E-state index is 0.433. The fraction of sp³-hybridized carbons (Fsp3) is 0.541. The third-order valence-electron chi connectivity index (χ3n) is 8.47. The fourth-order valence-electron chi connectivity index (χ4n) is 5.33. The molecule has 2 atom stereocenters. The highest BCUT2D eigenvalue weighted by molar-refractivity contribution is 5.88. The number of hydrogen-bond donors (Lipinski definition) is 2. The van der Waals surface area contributed by atoms with Gasteiger partial charge >= 0.3 is 0 Å². The molecule has 2 heterocycles. The molecule has 0 aliphatic heterocycles. The standard InChI is InChI=1S/C26H38N2O2.C11H16N2/c1-7-11-23-24(28-26(27-23)19(6)29)17-20(9-3)22-12-13-25(21(10-4)16-22)30-15-14-18(5)8-2;1-8-9-6-11(2,3)5-4-10(9)13-7-12-8/h9,11-13,16-19,29H,7-8,10,14-15H2,1-6H3,(H,27,28);7H,4-6H2,1-3H3/b20-9+,23-11-,24-17+;. The Morgan fingerprint density at radius 1 is 1.16 bits per heavy atom. The smallest absolute Gasteiger partial charge is 0.135 e. The summed E-state index contributed by atoms with van der Waals surface area (Å²) in [4.78, 5) is 16.4. The van der Waals surface area contributed by atoms with Gasteiger partial charge in [0, 0.05) is 11.4 Å². The van der Waals surface area contributed by atoms with Crippen LogP contribution in [0, 0.1) is 18.3 Å². The maximum atomic E-state index is 9.91. The van der Waals surface area contributed by atoms with E-state index in [-0.39, 0.29) is 0 Å². The lowest BCUT2D eigenvalue weighted by molar-refractivity contribution is 0.190. The highest BCUT2D eigenvalue weighted by Crippen LogP contribution is 2.34. The van der Waals surface area contributed by atoms with E-state index < -0.39 is 6.10 Å². The van der Waals surface area contributed by atoms with Crippen molar-refractivity contribution in [2.75, 3.05) is 6.61 Å². The topological polar surface area (TPSA) is 83.9 Å². The number of imidazole rings is 1. The van der Waals surface area contributed by atoms with E-state index in [9.17, 15) is 5.11 Å². The lowest BCUT2D eigenvalue weighted by Gasteiger charge is -2.30. The van der Waals surface area contributed by atoms with Crippen molar-refractivity contribution >= 4 is 17.7 Å². The molecule has 234 valence electrons. The van der Waals surface area contributed by atoms with Crippen molar-refractivity contribution in [1.29, 1.82) is 0 Å². The molecule has 0 saturated heterocycles. The van der Waals surface area contributed by atoms with E-state index >= 15 is 0 Å². The van der Waals surface area contributed by atoms with Crippen LogP contribution in [-0.4, -0.2) is 31.6 Å². The average molecular weight is 587 g/mol. The number of rotatable bonds is 10. The number of aliphatic hydroxyl groups excluding tert-OH is 1. The molecule has 2 aromatic heterocycles. The predicted octanol–water partition coefficient (Wildman–Crippen LogP) is 7.21. The van der Waals surface area contributed by atoms with Gasteiger partial charge in [0.05, 0.1) is 17.3 Å². The van der Waals surface area contributed by atoms with Gasteiger partial charge in [-0.15, -0.1) is 0 Å². The van der Waals surface area contributed by atoms with E-state index in [1.807, 2.05) is 6.92 Å². The Morgan fingerprint density at radius 3 is 2.58 bits per heavy atom. The number of aryl methyl sites for hydroxylation is 3. The van der Waals surface area contributed by atoms with Crippen LogP contribution in [0.1, 0.15) is 121 Å². The van der Waals surface area contributed by atoms with Crippen LogP contribution in [0.5, 0.6) is 5.75 Å². The monoisotopic (exact) mass is 586 g/mol. The molecule has 0 bridgehead atoms. The molecule has 0 amide bonds. The number of hydrogen-bond acceptors (Lipinski definition) is 5. The Hall–Kier alpha value is -3.25. The number of H-pyrrole nitrogens is 1. The summed E-state index contributed by atoms with van der Waals surface area (Å²) < 4.78 is 6.09. The average Bonchev–Trinajstić information content (AvgIpc) is 3.39. The van der Waals surface area contributed by atoms with Crippen LogP contribution in [0.3, 0.4) is 0 Å². The van der Waals surface area contributed by atoms with E-state index in [4.69, 9.17) is 4.74 Å². The van der Waals surface area contributed by atoms with Crippen molar-refractivity contribution in [2.24, 2.45) is 11.3 Å². The van der Waals surface area contributed by atoms with Gasteiger partial charge in [0.2, 0.25) is 0 Å². The molecule has 3 aromatic rings. The van der Waals surface area contributed by atoms with Gasteiger partial charge in [0.25, 0.3) is 0 Å². The number of aliphatic hydroxyl groups is 1. The van der Waals surface area contributed by atoms with Crippen LogP contribution in [0.2, 0.25) is 0 Å². The molecule has 0 fully saturated rings. The van der Waals surface area contributed by atoms with Crippen molar-refractivity contribution in [1.82, 2.24) is 19.9 Å². The first-order valence-electron chi connectivity index (χ1n) is 16.2. The van der Waals surface area contributed by atoms with Gasteiger partial charge < -0.3 is 14.8 Å².